The van der Waals surface area contributed by atoms with Gasteiger partial charge < -0.3 is 20.4 Å². The fraction of sp³-hybridized carbons (Fsp3) is 0.500. The van der Waals surface area contributed by atoms with Crippen LogP contribution in [0, 0.1) is 0 Å². The number of aromatic nitrogens is 1. The van der Waals surface area contributed by atoms with Crippen LogP contribution in [-0.4, -0.2) is 42.1 Å². The van der Waals surface area contributed by atoms with Gasteiger partial charge in [-0.1, -0.05) is 0 Å². The van der Waals surface area contributed by atoms with Crippen LogP contribution in [0.4, 0.5) is 5.69 Å². The van der Waals surface area contributed by atoms with Gasteiger partial charge in [0, 0.05) is 31.2 Å². The van der Waals surface area contributed by atoms with Crippen LogP contribution in [-0.2, 0) is 11.3 Å². The summed E-state index contributed by atoms with van der Waals surface area (Å²) in [5.74, 6) is -0.477. The van der Waals surface area contributed by atoms with Gasteiger partial charge in [-0.15, -0.1) is 24.8 Å². The van der Waals surface area contributed by atoms with Gasteiger partial charge in [-0.25, -0.2) is 4.79 Å². The van der Waals surface area contributed by atoms with Crippen molar-refractivity contribution in [2.75, 3.05) is 26.0 Å². The van der Waals surface area contributed by atoms with Crippen molar-refractivity contribution in [3.63, 3.8) is 0 Å². The number of likely N-dealkylation sites (N-methyl/N-ethyl adjacent to an activating group) is 1. The maximum Gasteiger partial charge on any atom is 0.419 e. The number of carbonyl (C=O) groups excluding carboxylic acids is 1. The van der Waals surface area contributed by atoms with Crippen LogP contribution in [0.25, 0.3) is 11.1 Å². The molecule has 142 valence electrons. The molecule has 0 saturated heterocycles. The number of carbonyl (C=O) groups is 1. The Morgan fingerprint density at radius 2 is 2.04 bits per heavy atom. The predicted octanol–water partition coefficient (Wildman–Crippen LogP) is 2.07. The third kappa shape index (κ3) is 6.70. The van der Waals surface area contributed by atoms with Crippen LogP contribution in [0.1, 0.15) is 19.8 Å². The first-order valence-electron chi connectivity index (χ1n) is 7.70. The van der Waals surface area contributed by atoms with E-state index in [2.05, 4.69) is 5.32 Å². The second kappa shape index (κ2) is 10.5. The van der Waals surface area contributed by atoms with E-state index >= 15 is 0 Å². The topological polar surface area (TPSA) is 93.5 Å². The molecule has 1 heterocycles. The Hall–Kier alpha value is -1.54. The van der Waals surface area contributed by atoms with E-state index in [1.807, 2.05) is 25.9 Å². The molecule has 1 aromatic heterocycles. The van der Waals surface area contributed by atoms with Crippen LogP contribution in [0.15, 0.2) is 27.4 Å². The lowest BCUT2D eigenvalue weighted by molar-refractivity contribution is -0.116. The van der Waals surface area contributed by atoms with Crippen LogP contribution < -0.4 is 16.8 Å². The Kier molecular flexibility index (Phi) is 9.81. The molecule has 0 bridgehead atoms. The van der Waals surface area contributed by atoms with Gasteiger partial charge in [0.05, 0.1) is 5.52 Å². The first-order chi connectivity index (χ1) is 10.9. The fourth-order valence-corrected chi connectivity index (χ4v) is 2.23. The van der Waals surface area contributed by atoms with E-state index in [0.29, 0.717) is 36.2 Å². The number of nitrogens with one attached hydrogen (secondary N) is 1. The minimum Gasteiger partial charge on any atom is -0.408 e. The summed E-state index contributed by atoms with van der Waals surface area (Å²) in [6, 6.07) is 5.18. The number of hydrogen-bond acceptors (Lipinski definition) is 5. The van der Waals surface area contributed by atoms with E-state index in [4.69, 9.17) is 10.2 Å². The Bertz CT molecular complexity index is 741. The summed E-state index contributed by atoms with van der Waals surface area (Å²) in [6.07, 6.45) is 1.00. The quantitative estimate of drug-likeness (QED) is 0.751. The number of nitrogens with zero attached hydrogens (tertiary/aromatic N) is 2. The van der Waals surface area contributed by atoms with Gasteiger partial charge in [-0.05, 0) is 45.6 Å². The highest BCUT2D eigenvalue weighted by Crippen LogP contribution is 2.19. The molecule has 0 fully saturated rings. The summed E-state index contributed by atoms with van der Waals surface area (Å²) in [5.41, 5.74) is 7.50. The Labute approximate surface area is 159 Å². The second-order valence-electron chi connectivity index (χ2n) is 6.07. The molecule has 3 N–H and O–H groups in total. The molecule has 1 atom stereocenters. The predicted molar refractivity (Wildman–Crippen MR) is 105 cm³/mol. The lowest BCUT2D eigenvalue weighted by atomic mass is 10.2. The molecule has 0 radical (unpaired) electrons. The summed E-state index contributed by atoms with van der Waals surface area (Å²) in [7, 11) is 3.88. The lowest BCUT2D eigenvalue weighted by Crippen LogP contribution is -2.23. The van der Waals surface area contributed by atoms with Gasteiger partial charge in [-0.3, -0.25) is 9.36 Å². The van der Waals surface area contributed by atoms with Gasteiger partial charge >= 0.3 is 5.76 Å². The molecule has 25 heavy (non-hydrogen) atoms. The van der Waals surface area contributed by atoms with Gasteiger partial charge in [0.25, 0.3) is 0 Å². The molecule has 0 spiro atoms. The average molecular weight is 393 g/mol. The summed E-state index contributed by atoms with van der Waals surface area (Å²) >= 11 is 0. The van der Waals surface area contributed by atoms with Crippen molar-refractivity contribution in [1.82, 2.24) is 9.47 Å². The van der Waals surface area contributed by atoms with E-state index in [9.17, 15) is 9.59 Å². The maximum atomic E-state index is 11.9. The van der Waals surface area contributed by atoms with Gasteiger partial charge in [-0.2, -0.15) is 0 Å². The number of halogens is 2. The van der Waals surface area contributed by atoms with Gasteiger partial charge in [0.1, 0.15) is 0 Å². The first kappa shape index (κ1) is 23.5. The Balaban J connectivity index is 0.00000288. The van der Waals surface area contributed by atoms with E-state index in [1.165, 1.54) is 0 Å². The molecule has 9 heteroatoms. The molecule has 1 unspecified atom stereocenters. The van der Waals surface area contributed by atoms with Crippen molar-refractivity contribution in [1.29, 1.82) is 0 Å². The molecule has 0 aliphatic carbocycles. The third-order valence-corrected chi connectivity index (χ3v) is 3.55. The number of nitrogens with two attached hydrogens (primary N) is 1. The van der Waals surface area contributed by atoms with Crippen molar-refractivity contribution in [2.24, 2.45) is 5.73 Å². The van der Waals surface area contributed by atoms with Gasteiger partial charge in [0.15, 0.2) is 5.58 Å². The summed E-state index contributed by atoms with van der Waals surface area (Å²) < 4.78 is 6.81. The summed E-state index contributed by atoms with van der Waals surface area (Å²) in [4.78, 5) is 25.8. The van der Waals surface area contributed by atoms with E-state index in [1.54, 1.807) is 22.8 Å². The van der Waals surface area contributed by atoms with E-state index in [-0.39, 0.29) is 42.5 Å². The third-order valence-electron chi connectivity index (χ3n) is 3.55. The smallest absolute Gasteiger partial charge is 0.408 e. The zero-order valence-corrected chi connectivity index (χ0v) is 16.3. The number of amides is 1. The van der Waals surface area contributed by atoms with Crippen molar-refractivity contribution >= 4 is 47.5 Å². The van der Waals surface area contributed by atoms with E-state index < -0.39 is 0 Å². The number of anilines is 1. The molecule has 1 amide bonds. The number of rotatable bonds is 7. The van der Waals surface area contributed by atoms with Crippen molar-refractivity contribution < 1.29 is 9.21 Å². The molecule has 2 aromatic rings. The molecule has 0 aliphatic heterocycles. The fourth-order valence-electron chi connectivity index (χ4n) is 2.23. The van der Waals surface area contributed by atoms with Crippen LogP contribution in [0.3, 0.4) is 0 Å². The van der Waals surface area contributed by atoms with Gasteiger partial charge in [0.2, 0.25) is 5.91 Å². The zero-order valence-electron chi connectivity index (χ0n) is 14.7. The highest BCUT2D eigenvalue weighted by atomic mass is 35.5. The first-order valence-corrected chi connectivity index (χ1v) is 7.70. The molecule has 7 nitrogen and oxygen atoms in total. The second-order valence-corrected chi connectivity index (χ2v) is 6.07. The largest absolute Gasteiger partial charge is 0.419 e. The minimum atomic E-state index is -0.387. The van der Waals surface area contributed by atoms with E-state index in [0.717, 1.165) is 6.54 Å². The molecule has 2 rings (SSSR count). The molecule has 0 saturated carbocycles. The monoisotopic (exact) mass is 392 g/mol. The minimum absolute atomic E-state index is 0. The number of hydrogen-bond donors (Lipinski definition) is 2. The molecule has 1 aromatic carbocycles. The Morgan fingerprint density at radius 1 is 1.36 bits per heavy atom. The maximum absolute atomic E-state index is 11.9. The number of benzene rings is 1. The highest BCUT2D eigenvalue weighted by Gasteiger charge is 2.11. The lowest BCUT2D eigenvalue weighted by Gasteiger charge is -2.10. The standard InChI is InChI=1S/C16H24N4O3.2ClH/c1-11(17)4-7-15(21)18-12-5-6-14-13(10-12)20(16(22)23-14)9-8-19(2)3;;/h5-6,10-11H,4,7-9,17H2,1-3H3,(H,18,21);2*1H. The summed E-state index contributed by atoms with van der Waals surface area (Å²) in [5, 5.41) is 2.83. The van der Waals surface area contributed by atoms with Crippen LogP contribution in [0.2, 0.25) is 0 Å². The van der Waals surface area contributed by atoms with Crippen molar-refractivity contribution in [2.45, 2.75) is 32.4 Å². The van der Waals surface area contributed by atoms with Crippen LogP contribution in [0.5, 0.6) is 0 Å². The zero-order chi connectivity index (χ0) is 17.0. The highest BCUT2D eigenvalue weighted by molar-refractivity contribution is 5.92. The molecule has 0 aliphatic rings. The van der Waals surface area contributed by atoms with Crippen molar-refractivity contribution in [3.8, 4) is 0 Å². The SMILES string of the molecule is CC(N)CCC(=O)Nc1ccc2oc(=O)n(CCN(C)C)c2c1.Cl.Cl. The number of oxazole rings is 1. The summed E-state index contributed by atoms with van der Waals surface area (Å²) in [6.45, 7) is 3.12. The number of fused-ring (bicyclic) bond motifs is 1. The average Bonchev–Trinajstić information content (AvgIpc) is 2.78. The van der Waals surface area contributed by atoms with Crippen molar-refractivity contribution in [3.05, 3.63) is 28.7 Å². The van der Waals surface area contributed by atoms with Crippen LogP contribution >= 0.6 is 24.8 Å². The molecular weight excluding hydrogens is 367 g/mol. The Morgan fingerprint density at radius 3 is 2.64 bits per heavy atom. The molecular formula is C16H26Cl2N4O3. The normalized spacial score (nSPS) is 11.7.